The molecule has 0 saturated carbocycles. The summed E-state index contributed by atoms with van der Waals surface area (Å²) in [5.41, 5.74) is 4.26. The van der Waals surface area contributed by atoms with Crippen LogP contribution < -0.4 is 14.9 Å². The van der Waals surface area contributed by atoms with Gasteiger partial charge in [-0.2, -0.15) is 0 Å². The fourth-order valence-electron chi connectivity index (χ4n) is 4.19. The Hall–Kier alpha value is -3.54. The first-order valence-corrected chi connectivity index (χ1v) is 12.5. The highest BCUT2D eigenvalue weighted by molar-refractivity contribution is 7.89. The Kier molecular flexibility index (Phi) is 7.01. The Bertz CT molecular complexity index is 1360. The van der Waals surface area contributed by atoms with E-state index >= 15 is 0 Å². The van der Waals surface area contributed by atoms with Crippen molar-refractivity contribution in [2.45, 2.75) is 31.4 Å². The van der Waals surface area contributed by atoms with Crippen LogP contribution in [0.1, 0.15) is 18.2 Å². The number of hydroxylamine groups is 1. The topological polar surface area (TPSA) is 138 Å². The van der Waals surface area contributed by atoms with Crippen LogP contribution >= 0.6 is 0 Å². The summed E-state index contributed by atoms with van der Waals surface area (Å²) in [6.45, 7) is 3.56. The molecule has 2 aromatic carbocycles. The van der Waals surface area contributed by atoms with Gasteiger partial charge in [-0.05, 0) is 43.3 Å². The van der Waals surface area contributed by atoms with E-state index in [-0.39, 0.29) is 30.5 Å². The van der Waals surface area contributed by atoms with Gasteiger partial charge in [0.25, 0.3) is 0 Å². The van der Waals surface area contributed by atoms with Crippen molar-refractivity contribution in [2.75, 3.05) is 13.1 Å². The van der Waals surface area contributed by atoms with Crippen LogP contribution in [0.25, 0.3) is 10.9 Å². The Morgan fingerprint density at radius 1 is 1.14 bits per heavy atom. The Balaban J connectivity index is 1.46. The number of aromatic nitrogens is 1. The van der Waals surface area contributed by atoms with E-state index in [4.69, 9.17) is 9.94 Å². The van der Waals surface area contributed by atoms with Crippen molar-refractivity contribution in [3.8, 4) is 5.75 Å². The molecule has 1 saturated heterocycles. The van der Waals surface area contributed by atoms with Crippen LogP contribution in [0.15, 0.2) is 59.5 Å². The number of fused-ring (bicyclic) bond motifs is 1. The third-order valence-corrected chi connectivity index (χ3v) is 7.48. The van der Waals surface area contributed by atoms with Gasteiger partial charge in [0.2, 0.25) is 21.8 Å². The van der Waals surface area contributed by atoms with E-state index in [0.29, 0.717) is 5.75 Å². The Morgan fingerprint density at radius 3 is 2.54 bits per heavy atom. The third kappa shape index (κ3) is 5.42. The van der Waals surface area contributed by atoms with E-state index in [2.05, 4.69) is 9.71 Å². The Labute approximate surface area is 202 Å². The number of carbonyl (C=O) groups is 2. The van der Waals surface area contributed by atoms with E-state index in [0.717, 1.165) is 22.2 Å². The molecule has 0 radical (unpaired) electrons. The van der Waals surface area contributed by atoms with Crippen LogP contribution in [0.2, 0.25) is 0 Å². The maximum absolute atomic E-state index is 12.9. The smallest absolute Gasteiger partial charge is 0.249 e. The van der Waals surface area contributed by atoms with Crippen molar-refractivity contribution >= 4 is 32.7 Å². The van der Waals surface area contributed by atoms with Crippen molar-refractivity contribution in [1.29, 1.82) is 0 Å². The number of ether oxygens (including phenoxy) is 1. The molecular weight excluding hydrogens is 472 g/mol. The number of benzene rings is 2. The summed E-state index contributed by atoms with van der Waals surface area (Å²) in [6, 6.07) is 14.8. The van der Waals surface area contributed by atoms with Gasteiger partial charge < -0.3 is 9.64 Å². The highest BCUT2D eigenvalue weighted by Crippen LogP contribution is 2.23. The largest absolute Gasteiger partial charge is 0.489 e. The minimum absolute atomic E-state index is 0.00482. The normalized spacial score (nSPS) is 18.0. The Morgan fingerprint density at radius 2 is 1.86 bits per heavy atom. The molecular formula is C24H26N4O6S. The van der Waals surface area contributed by atoms with Crippen LogP contribution in [0, 0.1) is 12.8 Å². The van der Waals surface area contributed by atoms with Crippen molar-refractivity contribution in [3.63, 3.8) is 0 Å². The first-order valence-electron chi connectivity index (χ1n) is 11.0. The van der Waals surface area contributed by atoms with Gasteiger partial charge in [0.1, 0.15) is 12.4 Å². The van der Waals surface area contributed by atoms with Crippen LogP contribution in [0.4, 0.5) is 0 Å². The maximum Gasteiger partial charge on any atom is 0.249 e. The summed E-state index contributed by atoms with van der Waals surface area (Å²) in [5.74, 6) is -1.48. The lowest BCUT2D eigenvalue weighted by atomic mass is 10.0. The van der Waals surface area contributed by atoms with Gasteiger partial charge in [0.15, 0.2) is 0 Å². The summed E-state index contributed by atoms with van der Waals surface area (Å²) in [4.78, 5) is 29.6. The van der Waals surface area contributed by atoms with Gasteiger partial charge >= 0.3 is 0 Å². The molecule has 1 aliphatic rings. The molecule has 3 N–H and O–H groups in total. The second-order valence-electron chi connectivity index (χ2n) is 8.43. The minimum atomic E-state index is -4.00. The summed E-state index contributed by atoms with van der Waals surface area (Å²) < 4.78 is 34.3. The molecule has 0 aliphatic carbocycles. The van der Waals surface area contributed by atoms with Crippen molar-refractivity contribution in [2.24, 2.45) is 5.92 Å². The van der Waals surface area contributed by atoms with E-state index in [9.17, 15) is 18.0 Å². The van der Waals surface area contributed by atoms with Gasteiger partial charge in [-0.1, -0.05) is 18.2 Å². The van der Waals surface area contributed by atoms with E-state index in [1.54, 1.807) is 12.1 Å². The third-order valence-electron chi connectivity index (χ3n) is 5.98. The molecule has 184 valence electrons. The molecule has 1 aromatic heterocycles. The SMILES string of the molecule is CC(=O)N1CC(NS(=O)(=O)c2ccc(OCc3cc(C)nc4ccccc34)cc2)C(C(=O)NO)C1. The molecule has 2 atom stereocenters. The van der Waals surface area contributed by atoms with Crippen LogP contribution in [0.3, 0.4) is 0 Å². The van der Waals surface area contributed by atoms with Gasteiger partial charge in [-0.15, -0.1) is 0 Å². The summed E-state index contributed by atoms with van der Waals surface area (Å²) >= 11 is 0. The molecule has 2 amide bonds. The monoisotopic (exact) mass is 498 g/mol. The number of rotatable bonds is 7. The number of sulfonamides is 1. The molecule has 0 spiro atoms. The lowest BCUT2D eigenvalue weighted by molar-refractivity contribution is -0.133. The highest BCUT2D eigenvalue weighted by atomic mass is 32.2. The van der Waals surface area contributed by atoms with Crippen molar-refractivity contribution in [1.82, 2.24) is 20.1 Å². The van der Waals surface area contributed by atoms with E-state index in [1.165, 1.54) is 29.4 Å². The number of nitrogens with zero attached hydrogens (tertiary/aromatic N) is 2. The summed E-state index contributed by atoms with van der Waals surface area (Å²) in [5, 5.41) is 9.98. The zero-order chi connectivity index (χ0) is 25.2. The number of pyridine rings is 1. The zero-order valence-corrected chi connectivity index (χ0v) is 20.1. The average Bonchev–Trinajstić information content (AvgIpc) is 3.25. The molecule has 3 aromatic rings. The molecule has 2 heterocycles. The standard InChI is InChI=1S/C24H26N4O6S/c1-15-11-17(20-5-3-4-6-22(20)25-15)14-34-18-7-9-19(10-8-18)35(32,33)27-23-13-28(16(2)29)12-21(23)24(30)26-31/h3-11,21,23,27,31H,12-14H2,1-2H3,(H,26,30). The van der Waals surface area contributed by atoms with Gasteiger partial charge in [0.05, 0.1) is 22.4 Å². The number of hydrogen-bond donors (Lipinski definition) is 3. The molecule has 1 fully saturated rings. The van der Waals surface area contributed by atoms with Crippen LogP contribution in [0.5, 0.6) is 5.75 Å². The molecule has 11 heteroatoms. The number of nitrogens with one attached hydrogen (secondary N) is 2. The number of likely N-dealkylation sites (tertiary alicyclic amines) is 1. The molecule has 10 nitrogen and oxygen atoms in total. The number of aryl methyl sites for hydroxylation is 1. The zero-order valence-electron chi connectivity index (χ0n) is 19.3. The van der Waals surface area contributed by atoms with Crippen LogP contribution in [-0.2, 0) is 26.2 Å². The first-order chi connectivity index (χ1) is 16.7. The first kappa shape index (κ1) is 24.6. The van der Waals surface area contributed by atoms with Gasteiger partial charge in [-0.25, -0.2) is 18.6 Å². The summed E-state index contributed by atoms with van der Waals surface area (Å²) in [6.07, 6.45) is 0. The number of amides is 2. The molecule has 0 bridgehead atoms. The fraction of sp³-hybridized carbons (Fsp3) is 0.292. The lowest BCUT2D eigenvalue weighted by Crippen LogP contribution is -2.45. The van der Waals surface area contributed by atoms with E-state index in [1.807, 2.05) is 37.3 Å². The average molecular weight is 499 g/mol. The van der Waals surface area contributed by atoms with Crippen LogP contribution in [-0.4, -0.2) is 54.5 Å². The van der Waals surface area contributed by atoms with Crippen molar-refractivity contribution < 1.29 is 28.0 Å². The fourth-order valence-corrected chi connectivity index (χ4v) is 5.45. The number of para-hydroxylation sites is 1. The van der Waals surface area contributed by atoms with Crippen molar-refractivity contribution in [3.05, 3.63) is 65.9 Å². The summed E-state index contributed by atoms with van der Waals surface area (Å²) in [7, 11) is -4.00. The highest BCUT2D eigenvalue weighted by Gasteiger charge is 2.40. The van der Waals surface area contributed by atoms with Gasteiger partial charge in [-0.3, -0.25) is 19.8 Å². The molecule has 4 rings (SSSR count). The molecule has 1 aliphatic heterocycles. The lowest BCUT2D eigenvalue weighted by Gasteiger charge is -2.18. The quantitative estimate of drug-likeness (QED) is 0.333. The minimum Gasteiger partial charge on any atom is -0.489 e. The second kappa shape index (κ2) is 9.98. The van der Waals surface area contributed by atoms with Gasteiger partial charge in [0, 0.05) is 36.7 Å². The molecule has 2 unspecified atom stereocenters. The maximum atomic E-state index is 12.9. The second-order valence-corrected chi connectivity index (χ2v) is 10.1. The predicted octanol–water partition coefficient (Wildman–Crippen LogP) is 1.75. The number of carbonyl (C=O) groups excluding carboxylic acids is 2. The predicted molar refractivity (Wildman–Crippen MR) is 127 cm³/mol. The van der Waals surface area contributed by atoms with E-state index < -0.39 is 27.9 Å². The molecule has 35 heavy (non-hydrogen) atoms. The number of hydrogen-bond acceptors (Lipinski definition) is 7.